The second-order valence-electron chi connectivity index (χ2n) is 4.82. The van der Waals surface area contributed by atoms with Gasteiger partial charge in [0.15, 0.2) is 0 Å². The van der Waals surface area contributed by atoms with Crippen molar-refractivity contribution in [3.05, 3.63) is 60.7 Å². The van der Waals surface area contributed by atoms with Crippen LogP contribution in [0.5, 0.6) is 5.75 Å². The molecule has 3 aromatic rings. The molecule has 0 bridgehead atoms. The molecule has 0 radical (unpaired) electrons. The fraction of sp³-hybridized carbons (Fsp3) is 0.0588. The summed E-state index contributed by atoms with van der Waals surface area (Å²) in [5.74, 6) is 0.703. The second kappa shape index (κ2) is 5.60. The van der Waals surface area contributed by atoms with E-state index in [0.29, 0.717) is 11.2 Å². The van der Waals surface area contributed by atoms with E-state index in [9.17, 15) is 10.0 Å². The summed E-state index contributed by atoms with van der Waals surface area (Å²) in [6.07, 6.45) is 0. The quantitative estimate of drug-likeness (QED) is 0.722. The van der Waals surface area contributed by atoms with Crippen LogP contribution in [0.25, 0.3) is 21.9 Å². The SMILES string of the molecule is COc1ccccc1-c1ccc2ccccc2c1B(O)O. The lowest BCUT2D eigenvalue weighted by Crippen LogP contribution is -2.32. The van der Waals surface area contributed by atoms with Crippen molar-refractivity contribution >= 4 is 23.4 Å². The molecule has 3 aromatic carbocycles. The van der Waals surface area contributed by atoms with E-state index in [1.165, 1.54) is 0 Å². The van der Waals surface area contributed by atoms with E-state index >= 15 is 0 Å². The van der Waals surface area contributed by atoms with Crippen LogP contribution in [0.2, 0.25) is 0 Å². The first-order valence-corrected chi connectivity index (χ1v) is 6.73. The highest BCUT2D eigenvalue weighted by atomic mass is 16.5. The minimum atomic E-state index is -1.55. The molecule has 3 nitrogen and oxygen atoms in total. The van der Waals surface area contributed by atoms with Crippen LogP contribution < -0.4 is 10.2 Å². The van der Waals surface area contributed by atoms with E-state index in [1.807, 2.05) is 60.7 Å². The third kappa shape index (κ3) is 2.39. The summed E-state index contributed by atoms with van der Waals surface area (Å²) in [6.45, 7) is 0. The zero-order valence-electron chi connectivity index (χ0n) is 11.7. The maximum atomic E-state index is 9.84. The maximum Gasteiger partial charge on any atom is 0.489 e. The molecule has 0 unspecified atom stereocenters. The van der Waals surface area contributed by atoms with Gasteiger partial charge in [0.1, 0.15) is 5.75 Å². The van der Waals surface area contributed by atoms with Crippen molar-refractivity contribution in [2.24, 2.45) is 0 Å². The summed E-state index contributed by atoms with van der Waals surface area (Å²) in [6, 6.07) is 19.1. The fourth-order valence-corrected chi connectivity index (χ4v) is 2.68. The van der Waals surface area contributed by atoms with Crippen molar-refractivity contribution < 1.29 is 14.8 Å². The molecule has 3 rings (SSSR count). The van der Waals surface area contributed by atoms with E-state index in [1.54, 1.807) is 7.11 Å². The Morgan fingerprint density at radius 1 is 0.810 bits per heavy atom. The van der Waals surface area contributed by atoms with Crippen LogP contribution in [0, 0.1) is 0 Å². The molecule has 104 valence electrons. The highest BCUT2D eigenvalue weighted by molar-refractivity contribution is 6.64. The lowest BCUT2D eigenvalue weighted by molar-refractivity contribution is 0.416. The van der Waals surface area contributed by atoms with E-state index in [-0.39, 0.29) is 0 Å². The van der Waals surface area contributed by atoms with Crippen LogP contribution in [0.4, 0.5) is 0 Å². The molecular weight excluding hydrogens is 263 g/mol. The van der Waals surface area contributed by atoms with Gasteiger partial charge >= 0.3 is 7.12 Å². The van der Waals surface area contributed by atoms with Crippen molar-refractivity contribution in [1.29, 1.82) is 0 Å². The topological polar surface area (TPSA) is 49.7 Å². The number of benzene rings is 3. The Hall–Kier alpha value is -2.30. The standard InChI is InChI=1S/C17H15BO3/c1-21-16-9-5-4-8-14(16)15-11-10-12-6-2-3-7-13(12)17(15)18(19)20/h2-11,19-20H,1H3. The summed E-state index contributed by atoms with van der Waals surface area (Å²) < 4.78 is 5.38. The fourth-order valence-electron chi connectivity index (χ4n) is 2.68. The second-order valence-corrected chi connectivity index (χ2v) is 4.82. The van der Waals surface area contributed by atoms with Gasteiger partial charge in [-0.3, -0.25) is 0 Å². The molecule has 0 aliphatic heterocycles. The van der Waals surface area contributed by atoms with Crippen molar-refractivity contribution in [1.82, 2.24) is 0 Å². The highest BCUT2D eigenvalue weighted by Crippen LogP contribution is 2.30. The Morgan fingerprint density at radius 3 is 2.29 bits per heavy atom. The normalized spacial score (nSPS) is 10.6. The molecule has 0 fully saturated rings. The average Bonchev–Trinajstić information content (AvgIpc) is 2.53. The molecule has 0 heterocycles. The Bertz CT molecular complexity index is 784. The molecule has 0 aromatic heterocycles. The molecule has 0 amide bonds. The van der Waals surface area contributed by atoms with Gasteiger partial charge in [-0.2, -0.15) is 0 Å². The van der Waals surface area contributed by atoms with E-state index in [4.69, 9.17) is 4.74 Å². The first-order chi connectivity index (χ1) is 10.2. The van der Waals surface area contributed by atoms with Crippen molar-refractivity contribution in [3.8, 4) is 16.9 Å². The van der Waals surface area contributed by atoms with Gasteiger partial charge in [-0.15, -0.1) is 0 Å². The van der Waals surface area contributed by atoms with Crippen LogP contribution in [-0.2, 0) is 0 Å². The molecule has 0 atom stereocenters. The van der Waals surface area contributed by atoms with Gasteiger partial charge in [0.25, 0.3) is 0 Å². The summed E-state index contributed by atoms with van der Waals surface area (Å²) >= 11 is 0. The van der Waals surface area contributed by atoms with Gasteiger partial charge in [0.05, 0.1) is 7.11 Å². The van der Waals surface area contributed by atoms with Gasteiger partial charge in [0.2, 0.25) is 0 Å². The average molecular weight is 278 g/mol. The Labute approximate surface area is 123 Å². The molecule has 0 saturated heterocycles. The molecule has 0 aliphatic carbocycles. The number of methoxy groups -OCH3 is 1. The molecule has 0 spiro atoms. The summed E-state index contributed by atoms with van der Waals surface area (Å²) in [7, 11) is 0.0607. The zero-order valence-corrected chi connectivity index (χ0v) is 11.7. The smallest absolute Gasteiger partial charge is 0.489 e. The molecule has 0 aliphatic rings. The van der Waals surface area contributed by atoms with E-state index < -0.39 is 7.12 Å². The van der Waals surface area contributed by atoms with Gasteiger partial charge in [-0.05, 0) is 27.9 Å². The third-order valence-electron chi connectivity index (χ3n) is 3.63. The molecule has 0 saturated carbocycles. The lowest BCUT2D eigenvalue weighted by Gasteiger charge is -2.15. The number of para-hydroxylation sites is 1. The van der Waals surface area contributed by atoms with Crippen molar-refractivity contribution in [2.45, 2.75) is 0 Å². The van der Waals surface area contributed by atoms with Crippen LogP contribution in [-0.4, -0.2) is 24.3 Å². The zero-order chi connectivity index (χ0) is 14.8. The van der Waals surface area contributed by atoms with E-state index in [2.05, 4.69) is 0 Å². The lowest BCUT2D eigenvalue weighted by atomic mass is 9.72. The largest absolute Gasteiger partial charge is 0.496 e. The number of hydrogen-bond donors (Lipinski definition) is 2. The molecular formula is C17H15BO3. The third-order valence-corrected chi connectivity index (χ3v) is 3.63. The number of fused-ring (bicyclic) bond motifs is 1. The van der Waals surface area contributed by atoms with Crippen LogP contribution in [0.15, 0.2) is 60.7 Å². The van der Waals surface area contributed by atoms with Gasteiger partial charge in [0, 0.05) is 5.56 Å². The van der Waals surface area contributed by atoms with Gasteiger partial charge in [-0.25, -0.2) is 0 Å². The minimum Gasteiger partial charge on any atom is -0.496 e. The van der Waals surface area contributed by atoms with Crippen molar-refractivity contribution in [2.75, 3.05) is 7.11 Å². The summed E-state index contributed by atoms with van der Waals surface area (Å²) in [5, 5.41) is 21.5. The predicted molar refractivity (Wildman–Crippen MR) is 85.8 cm³/mol. The minimum absolute atomic E-state index is 0.498. The first-order valence-electron chi connectivity index (χ1n) is 6.73. The Kier molecular flexibility index (Phi) is 3.65. The highest BCUT2D eigenvalue weighted by Gasteiger charge is 2.21. The summed E-state index contributed by atoms with van der Waals surface area (Å²) in [5.41, 5.74) is 2.10. The molecule has 4 heteroatoms. The molecule has 2 N–H and O–H groups in total. The number of hydrogen-bond acceptors (Lipinski definition) is 3. The van der Waals surface area contributed by atoms with Gasteiger partial charge < -0.3 is 14.8 Å². The van der Waals surface area contributed by atoms with Crippen LogP contribution >= 0.6 is 0 Å². The number of rotatable bonds is 3. The Balaban J connectivity index is 2.35. The number of ether oxygens (including phenoxy) is 1. The first kappa shape index (κ1) is 13.7. The predicted octanol–water partition coefficient (Wildman–Crippen LogP) is 2.20. The maximum absolute atomic E-state index is 9.84. The Morgan fingerprint density at radius 2 is 1.52 bits per heavy atom. The van der Waals surface area contributed by atoms with Crippen LogP contribution in [0.3, 0.4) is 0 Å². The van der Waals surface area contributed by atoms with Crippen molar-refractivity contribution in [3.63, 3.8) is 0 Å². The monoisotopic (exact) mass is 278 g/mol. The van der Waals surface area contributed by atoms with Gasteiger partial charge in [-0.1, -0.05) is 54.6 Å². The van der Waals surface area contributed by atoms with Crippen LogP contribution in [0.1, 0.15) is 0 Å². The molecule has 21 heavy (non-hydrogen) atoms. The van der Waals surface area contributed by atoms with E-state index in [0.717, 1.165) is 21.9 Å². The summed E-state index contributed by atoms with van der Waals surface area (Å²) in [4.78, 5) is 0.